The monoisotopic (exact) mass is 389 g/mol. The highest BCUT2D eigenvalue weighted by atomic mass is 16.5. The summed E-state index contributed by atoms with van der Waals surface area (Å²) in [5, 5.41) is 7.00. The number of hydrogen-bond acceptors (Lipinski definition) is 6. The largest absolute Gasteiger partial charge is 0.457 e. The van der Waals surface area contributed by atoms with Crippen molar-refractivity contribution in [3.63, 3.8) is 0 Å². The maximum Gasteiger partial charge on any atom is 0.139 e. The Bertz CT molecular complexity index is 924. The van der Waals surface area contributed by atoms with Crippen LogP contribution in [0, 0.1) is 5.92 Å². The molecule has 1 unspecified atom stereocenters. The molecule has 150 valence electrons. The Morgan fingerprint density at radius 2 is 1.69 bits per heavy atom. The first-order valence-electron chi connectivity index (χ1n) is 10.1. The lowest BCUT2D eigenvalue weighted by Gasteiger charge is -2.29. The standard InChI is InChI=1S/C23H27N5O/c1-16(17-11-13-25-14-12-17)28-23-21(22(24)26-15-27-23)18-7-9-20(10-8-18)29-19-5-3-2-4-6-19/h2-10,15-17,25H,11-14H2,1H3,(H3,24,26,27,28). The third-order valence-electron chi connectivity index (χ3n) is 5.45. The molecule has 3 aromatic rings. The molecule has 0 spiro atoms. The summed E-state index contributed by atoms with van der Waals surface area (Å²) in [5.74, 6) is 3.44. The van der Waals surface area contributed by atoms with Gasteiger partial charge in [-0.25, -0.2) is 9.97 Å². The van der Waals surface area contributed by atoms with Crippen LogP contribution in [-0.4, -0.2) is 29.1 Å². The topological polar surface area (TPSA) is 85.1 Å². The molecule has 1 atom stereocenters. The molecule has 0 radical (unpaired) electrons. The van der Waals surface area contributed by atoms with Gasteiger partial charge in [0.15, 0.2) is 0 Å². The van der Waals surface area contributed by atoms with E-state index in [0.717, 1.165) is 54.4 Å². The molecule has 29 heavy (non-hydrogen) atoms. The number of nitrogens with one attached hydrogen (secondary N) is 2. The van der Waals surface area contributed by atoms with Gasteiger partial charge in [-0.1, -0.05) is 30.3 Å². The van der Waals surface area contributed by atoms with Crippen LogP contribution in [0.25, 0.3) is 11.1 Å². The smallest absolute Gasteiger partial charge is 0.139 e. The third kappa shape index (κ3) is 4.66. The number of ether oxygens (including phenoxy) is 1. The number of hydrogen-bond donors (Lipinski definition) is 3. The number of rotatable bonds is 6. The SMILES string of the molecule is CC(Nc1ncnc(N)c1-c1ccc(Oc2ccccc2)cc1)C1CCNCC1. The quantitative estimate of drug-likeness (QED) is 0.582. The number of nitrogens with two attached hydrogens (primary N) is 1. The summed E-state index contributed by atoms with van der Waals surface area (Å²) in [7, 11) is 0. The lowest BCUT2D eigenvalue weighted by molar-refractivity contribution is 0.342. The summed E-state index contributed by atoms with van der Waals surface area (Å²) in [6.07, 6.45) is 3.84. The minimum Gasteiger partial charge on any atom is -0.457 e. The highest BCUT2D eigenvalue weighted by molar-refractivity contribution is 5.83. The highest BCUT2D eigenvalue weighted by Crippen LogP contribution is 2.33. The summed E-state index contributed by atoms with van der Waals surface area (Å²) in [6, 6.07) is 17.9. The minimum atomic E-state index is 0.311. The van der Waals surface area contributed by atoms with E-state index in [1.54, 1.807) is 0 Å². The molecule has 0 aliphatic carbocycles. The van der Waals surface area contributed by atoms with Crippen LogP contribution in [0.4, 0.5) is 11.6 Å². The second kappa shape index (κ2) is 8.92. The Balaban J connectivity index is 1.54. The van der Waals surface area contributed by atoms with Gasteiger partial charge in [-0.2, -0.15) is 0 Å². The molecule has 1 aliphatic rings. The normalized spacial score (nSPS) is 15.6. The van der Waals surface area contributed by atoms with Gasteiger partial charge in [-0.3, -0.25) is 0 Å². The fourth-order valence-electron chi connectivity index (χ4n) is 3.79. The van der Waals surface area contributed by atoms with Crippen LogP contribution < -0.4 is 21.1 Å². The van der Waals surface area contributed by atoms with E-state index in [1.165, 1.54) is 6.33 Å². The van der Waals surface area contributed by atoms with Crippen molar-refractivity contribution < 1.29 is 4.74 Å². The maximum absolute atomic E-state index is 6.24. The van der Waals surface area contributed by atoms with E-state index in [-0.39, 0.29) is 0 Å². The average Bonchev–Trinajstić information content (AvgIpc) is 2.76. The van der Waals surface area contributed by atoms with Crippen LogP contribution in [0.5, 0.6) is 11.5 Å². The van der Waals surface area contributed by atoms with Gasteiger partial charge in [-0.15, -0.1) is 0 Å². The number of piperidine rings is 1. The molecule has 1 aromatic heterocycles. The Morgan fingerprint density at radius 1 is 1.00 bits per heavy atom. The van der Waals surface area contributed by atoms with E-state index >= 15 is 0 Å². The lowest BCUT2D eigenvalue weighted by atomic mass is 9.91. The number of anilines is 2. The lowest BCUT2D eigenvalue weighted by Crippen LogP contribution is -2.36. The van der Waals surface area contributed by atoms with Crippen LogP contribution in [0.3, 0.4) is 0 Å². The van der Waals surface area contributed by atoms with Gasteiger partial charge in [0.05, 0.1) is 5.56 Å². The first-order chi connectivity index (χ1) is 14.2. The van der Waals surface area contributed by atoms with E-state index in [0.29, 0.717) is 17.8 Å². The molecule has 0 bridgehead atoms. The second-order valence-corrected chi connectivity index (χ2v) is 7.44. The van der Waals surface area contributed by atoms with E-state index in [1.807, 2.05) is 54.6 Å². The average molecular weight is 390 g/mol. The molecule has 6 heteroatoms. The van der Waals surface area contributed by atoms with E-state index in [9.17, 15) is 0 Å². The summed E-state index contributed by atoms with van der Waals surface area (Å²) >= 11 is 0. The molecule has 2 aromatic carbocycles. The van der Waals surface area contributed by atoms with Crippen LogP contribution in [0.15, 0.2) is 60.9 Å². The molecule has 6 nitrogen and oxygen atoms in total. The zero-order valence-corrected chi connectivity index (χ0v) is 16.6. The van der Waals surface area contributed by atoms with Crippen molar-refractivity contribution in [1.29, 1.82) is 0 Å². The molecule has 4 N–H and O–H groups in total. The molecule has 4 rings (SSSR count). The van der Waals surface area contributed by atoms with Gasteiger partial charge in [-0.05, 0) is 68.6 Å². The van der Waals surface area contributed by atoms with Gasteiger partial charge in [0.2, 0.25) is 0 Å². The molecular formula is C23H27N5O. The molecule has 2 heterocycles. The van der Waals surface area contributed by atoms with Gasteiger partial charge >= 0.3 is 0 Å². The van der Waals surface area contributed by atoms with Crippen molar-refractivity contribution >= 4 is 11.6 Å². The van der Waals surface area contributed by atoms with E-state index in [4.69, 9.17) is 10.5 Å². The maximum atomic E-state index is 6.24. The summed E-state index contributed by atoms with van der Waals surface area (Å²) in [5.41, 5.74) is 8.03. The fourth-order valence-corrected chi connectivity index (χ4v) is 3.79. The predicted octanol–water partition coefficient (Wildman–Crippen LogP) is 4.32. The van der Waals surface area contributed by atoms with Crippen molar-refractivity contribution in [3.05, 3.63) is 60.9 Å². The molecule has 1 aliphatic heterocycles. The first kappa shape index (κ1) is 19.2. The van der Waals surface area contributed by atoms with Crippen LogP contribution in [0.1, 0.15) is 19.8 Å². The number of para-hydroxylation sites is 1. The van der Waals surface area contributed by atoms with Gasteiger partial charge in [0, 0.05) is 6.04 Å². The molecule has 1 fully saturated rings. The van der Waals surface area contributed by atoms with Crippen molar-refractivity contribution in [1.82, 2.24) is 15.3 Å². The van der Waals surface area contributed by atoms with Crippen molar-refractivity contribution in [2.24, 2.45) is 5.92 Å². The minimum absolute atomic E-state index is 0.311. The predicted molar refractivity (Wildman–Crippen MR) is 117 cm³/mol. The summed E-state index contributed by atoms with van der Waals surface area (Å²) in [6.45, 7) is 4.35. The summed E-state index contributed by atoms with van der Waals surface area (Å²) < 4.78 is 5.89. The number of nitrogens with zero attached hydrogens (tertiary/aromatic N) is 2. The Labute approximate surface area is 171 Å². The molecule has 0 amide bonds. The van der Waals surface area contributed by atoms with Crippen LogP contribution in [-0.2, 0) is 0 Å². The van der Waals surface area contributed by atoms with Gasteiger partial charge < -0.3 is 21.1 Å². The zero-order valence-electron chi connectivity index (χ0n) is 16.6. The highest BCUT2D eigenvalue weighted by Gasteiger charge is 2.22. The molecule has 0 saturated carbocycles. The Morgan fingerprint density at radius 3 is 2.41 bits per heavy atom. The van der Waals surface area contributed by atoms with E-state index in [2.05, 4.69) is 27.5 Å². The zero-order chi connectivity index (χ0) is 20.1. The second-order valence-electron chi connectivity index (χ2n) is 7.44. The van der Waals surface area contributed by atoms with Crippen molar-refractivity contribution in [3.8, 4) is 22.6 Å². The Kier molecular flexibility index (Phi) is 5.91. The fraction of sp³-hybridized carbons (Fsp3) is 0.304. The number of benzene rings is 2. The molecule has 1 saturated heterocycles. The first-order valence-corrected chi connectivity index (χ1v) is 10.1. The van der Waals surface area contributed by atoms with Crippen molar-refractivity contribution in [2.75, 3.05) is 24.1 Å². The third-order valence-corrected chi connectivity index (χ3v) is 5.45. The van der Waals surface area contributed by atoms with Crippen LogP contribution in [0.2, 0.25) is 0 Å². The number of aromatic nitrogens is 2. The number of nitrogen functional groups attached to an aromatic ring is 1. The van der Waals surface area contributed by atoms with Crippen LogP contribution >= 0.6 is 0 Å². The summed E-state index contributed by atoms with van der Waals surface area (Å²) in [4.78, 5) is 8.70. The van der Waals surface area contributed by atoms with Crippen molar-refractivity contribution in [2.45, 2.75) is 25.8 Å². The van der Waals surface area contributed by atoms with Gasteiger partial charge in [0.1, 0.15) is 29.5 Å². The molecular weight excluding hydrogens is 362 g/mol. The van der Waals surface area contributed by atoms with E-state index < -0.39 is 0 Å². The van der Waals surface area contributed by atoms with Gasteiger partial charge in [0.25, 0.3) is 0 Å². The Hall–Kier alpha value is -3.12.